The normalized spacial score (nSPS) is 21.7. The average molecular weight is 393 g/mol. The van der Waals surface area contributed by atoms with E-state index in [1.165, 1.54) is 16.8 Å². The maximum Gasteiger partial charge on any atom is 0.271 e. The number of rotatable bonds is 4. The molecule has 1 aliphatic carbocycles. The van der Waals surface area contributed by atoms with Gasteiger partial charge < -0.3 is 5.32 Å². The second-order valence-corrected chi connectivity index (χ2v) is 7.79. The third kappa shape index (κ3) is 3.52. The number of benzene rings is 3. The quantitative estimate of drug-likeness (QED) is 0.360. The van der Waals surface area contributed by atoms with E-state index < -0.39 is 0 Å². The van der Waals surface area contributed by atoms with E-state index in [1.807, 2.05) is 42.5 Å². The lowest BCUT2D eigenvalue weighted by molar-refractivity contribution is 0.0955. The van der Waals surface area contributed by atoms with Crippen molar-refractivity contribution in [1.29, 1.82) is 0 Å². The maximum absolute atomic E-state index is 12.4. The van der Waals surface area contributed by atoms with E-state index in [4.69, 9.17) is 0 Å². The number of fused-ring (bicyclic) bond motifs is 3. The molecule has 1 aliphatic heterocycles. The number of anilines is 1. The molecule has 4 nitrogen and oxygen atoms in total. The number of hydrogen-bond acceptors (Lipinski definition) is 3. The van der Waals surface area contributed by atoms with Crippen LogP contribution in [0.1, 0.15) is 45.4 Å². The first-order valence-corrected chi connectivity index (χ1v) is 10.3. The van der Waals surface area contributed by atoms with E-state index in [0.717, 1.165) is 12.0 Å². The number of carbonyl (C=O) groups excluding carboxylic acids is 1. The molecule has 1 amide bonds. The number of allylic oxidation sites excluding steroid dienone is 2. The molecule has 0 saturated heterocycles. The van der Waals surface area contributed by atoms with E-state index in [2.05, 4.69) is 64.4 Å². The fraction of sp³-hybridized carbons (Fsp3) is 0.154. The summed E-state index contributed by atoms with van der Waals surface area (Å²) in [6.07, 6.45) is 7.33. The van der Waals surface area contributed by atoms with E-state index in [1.54, 1.807) is 6.21 Å². The zero-order chi connectivity index (χ0) is 20.3. The predicted molar refractivity (Wildman–Crippen MR) is 121 cm³/mol. The Balaban J connectivity index is 1.30. The molecule has 0 saturated carbocycles. The number of amides is 1. The monoisotopic (exact) mass is 393 g/mol. The molecule has 148 valence electrons. The van der Waals surface area contributed by atoms with Crippen LogP contribution in [0.15, 0.2) is 96.1 Å². The van der Waals surface area contributed by atoms with Crippen LogP contribution in [0, 0.1) is 5.92 Å². The maximum atomic E-state index is 12.4. The van der Waals surface area contributed by atoms with Gasteiger partial charge in [0.2, 0.25) is 0 Å². The minimum Gasteiger partial charge on any atom is -0.378 e. The molecule has 0 spiro atoms. The first-order valence-electron chi connectivity index (χ1n) is 10.3. The zero-order valence-corrected chi connectivity index (χ0v) is 16.5. The minimum absolute atomic E-state index is 0.212. The lowest BCUT2D eigenvalue weighted by atomic mass is 9.77. The molecule has 0 bridgehead atoms. The SMILES string of the molecule is O=C(N/N=C\c1ccccc1)c1ccc([C@@H]2Nc3ccccc3[C@H]3C=CC[C@@H]32)cc1. The van der Waals surface area contributed by atoms with Crippen LogP contribution in [-0.4, -0.2) is 12.1 Å². The molecule has 2 aliphatic rings. The molecule has 4 heteroatoms. The van der Waals surface area contributed by atoms with Crippen LogP contribution < -0.4 is 10.7 Å². The fourth-order valence-electron chi connectivity index (χ4n) is 4.48. The highest BCUT2D eigenvalue weighted by molar-refractivity contribution is 5.94. The van der Waals surface area contributed by atoms with E-state index in [0.29, 0.717) is 17.4 Å². The summed E-state index contributed by atoms with van der Waals surface area (Å²) in [5, 5.41) is 7.78. The first kappa shape index (κ1) is 18.4. The Morgan fingerprint density at radius 1 is 0.967 bits per heavy atom. The molecule has 30 heavy (non-hydrogen) atoms. The van der Waals surface area contributed by atoms with Crippen molar-refractivity contribution in [2.24, 2.45) is 11.0 Å². The summed E-state index contributed by atoms with van der Waals surface area (Å²) in [5.41, 5.74) is 7.92. The molecule has 0 unspecified atom stereocenters. The van der Waals surface area contributed by atoms with E-state index in [9.17, 15) is 4.79 Å². The van der Waals surface area contributed by atoms with Gasteiger partial charge in [-0.3, -0.25) is 4.79 Å². The predicted octanol–water partition coefficient (Wildman–Crippen LogP) is 5.28. The Labute approximate surface area is 176 Å². The van der Waals surface area contributed by atoms with Gasteiger partial charge in [0, 0.05) is 17.2 Å². The number of carbonyl (C=O) groups is 1. The minimum atomic E-state index is -0.212. The number of para-hydroxylation sites is 1. The van der Waals surface area contributed by atoms with Crippen LogP contribution >= 0.6 is 0 Å². The third-order valence-electron chi connectivity index (χ3n) is 5.98. The summed E-state index contributed by atoms with van der Waals surface area (Å²) in [5.74, 6) is 0.730. The number of hydrazone groups is 1. The van der Waals surface area contributed by atoms with Gasteiger partial charge >= 0.3 is 0 Å². The van der Waals surface area contributed by atoms with Crippen LogP contribution in [0.5, 0.6) is 0 Å². The van der Waals surface area contributed by atoms with Crippen LogP contribution in [0.25, 0.3) is 0 Å². The second kappa shape index (κ2) is 7.99. The van der Waals surface area contributed by atoms with Gasteiger partial charge in [-0.25, -0.2) is 5.43 Å². The summed E-state index contributed by atoms with van der Waals surface area (Å²) in [7, 11) is 0. The molecular weight excluding hydrogens is 370 g/mol. The molecule has 0 aromatic heterocycles. The van der Waals surface area contributed by atoms with Gasteiger partial charge in [-0.05, 0) is 47.2 Å². The highest BCUT2D eigenvalue weighted by atomic mass is 16.2. The van der Waals surface area contributed by atoms with Crippen molar-refractivity contribution >= 4 is 17.8 Å². The molecule has 3 aromatic carbocycles. The molecule has 0 fully saturated rings. The Bertz CT molecular complexity index is 1100. The van der Waals surface area contributed by atoms with Crippen molar-refractivity contribution in [3.63, 3.8) is 0 Å². The summed E-state index contributed by atoms with van der Waals surface area (Å²) in [4.78, 5) is 12.4. The van der Waals surface area contributed by atoms with Crippen molar-refractivity contribution in [1.82, 2.24) is 5.43 Å². The summed E-state index contributed by atoms with van der Waals surface area (Å²) < 4.78 is 0. The standard InChI is InChI=1S/C26H23N3O/c30-26(29-27-17-18-7-2-1-3-8-18)20-15-13-19(14-16-20)25-23-11-6-10-21(23)22-9-4-5-12-24(22)28-25/h1-10,12-17,21,23,25,28H,11H2,(H,29,30)/b27-17-/t21-,23+,25+/m1/s1. The Hall–Kier alpha value is -3.66. The lowest BCUT2D eigenvalue weighted by Gasteiger charge is -2.37. The molecule has 2 N–H and O–H groups in total. The van der Waals surface area contributed by atoms with Crippen molar-refractivity contribution < 1.29 is 4.79 Å². The Morgan fingerprint density at radius 2 is 1.73 bits per heavy atom. The second-order valence-electron chi connectivity index (χ2n) is 7.79. The largest absolute Gasteiger partial charge is 0.378 e. The highest BCUT2D eigenvalue weighted by Gasteiger charge is 2.37. The number of nitrogens with one attached hydrogen (secondary N) is 2. The Morgan fingerprint density at radius 3 is 2.57 bits per heavy atom. The van der Waals surface area contributed by atoms with Crippen molar-refractivity contribution in [2.75, 3.05) is 5.32 Å². The van der Waals surface area contributed by atoms with Gasteiger partial charge in [-0.2, -0.15) is 5.10 Å². The Kier molecular flexibility index (Phi) is 4.89. The number of hydrogen-bond donors (Lipinski definition) is 2. The van der Waals surface area contributed by atoms with Crippen molar-refractivity contribution in [3.8, 4) is 0 Å². The van der Waals surface area contributed by atoms with Gasteiger partial charge in [0.1, 0.15) is 0 Å². The number of nitrogens with zero attached hydrogens (tertiary/aromatic N) is 1. The van der Waals surface area contributed by atoms with Gasteiger partial charge in [0.15, 0.2) is 0 Å². The van der Waals surface area contributed by atoms with Crippen LogP contribution in [0.2, 0.25) is 0 Å². The summed E-state index contributed by atoms with van der Waals surface area (Å²) in [6, 6.07) is 26.3. The van der Waals surface area contributed by atoms with Crippen molar-refractivity contribution in [3.05, 3.63) is 113 Å². The molecular formula is C26H23N3O. The zero-order valence-electron chi connectivity index (χ0n) is 16.5. The smallest absolute Gasteiger partial charge is 0.271 e. The lowest BCUT2D eigenvalue weighted by Crippen LogP contribution is -2.29. The summed E-state index contributed by atoms with van der Waals surface area (Å²) in [6.45, 7) is 0. The third-order valence-corrected chi connectivity index (χ3v) is 5.98. The highest BCUT2D eigenvalue weighted by Crippen LogP contribution is 2.49. The van der Waals surface area contributed by atoms with Gasteiger partial charge in [0.05, 0.1) is 12.3 Å². The molecule has 5 rings (SSSR count). The van der Waals surface area contributed by atoms with Crippen LogP contribution in [0.3, 0.4) is 0 Å². The van der Waals surface area contributed by atoms with Crippen LogP contribution in [-0.2, 0) is 0 Å². The van der Waals surface area contributed by atoms with Gasteiger partial charge in [-0.1, -0.05) is 72.8 Å². The molecule has 0 radical (unpaired) electrons. The fourth-order valence-corrected chi connectivity index (χ4v) is 4.48. The van der Waals surface area contributed by atoms with Gasteiger partial charge in [-0.15, -0.1) is 0 Å². The van der Waals surface area contributed by atoms with Crippen molar-refractivity contribution in [2.45, 2.75) is 18.4 Å². The van der Waals surface area contributed by atoms with E-state index >= 15 is 0 Å². The van der Waals surface area contributed by atoms with E-state index in [-0.39, 0.29) is 11.9 Å². The topological polar surface area (TPSA) is 53.5 Å². The molecule has 3 atom stereocenters. The molecule has 1 heterocycles. The first-order chi connectivity index (χ1) is 14.8. The van der Waals surface area contributed by atoms with Crippen LogP contribution in [0.4, 0.5) is 5.69 Å². The molecule has 3 aromatic rings. The summed E-state index contributed by atoms with van der Waals surface area (Å²) >= 11 is 0. The van der Waals surface area contributed by atoms with Gasteiger partial charge in [0.25, 0.3) is 5.91 Å². The average Bonchev–Trinajstić information content (AvgIpc) is 3.30.